The molecule has 0 fully saturated rings. The van der Waals surface area contributed by atoms with E-state index in [4.69, 9.17) is 0 Å². The van der Waals surface area contributed by atoms with Crippen molar-refractivity contribution in [3.05, 3.63) is 65.2 Å². The van der Waals surface area contributed by atoms with Crippen molar-refractivity contribution in [2.24, 2.45) is 0 Å². The second kappa shape index (κ2) is 6.97. The molecular formula is C18H18N4OS. The van der Waals surface area contributed by atoms with Gasteiger partial charge >= 0.3 is 0 Å². The summed E-state index contributed by atoms with van der Waals surface area (Å²) < 4.78 is 1.71. The van der Waals surface area contributed by atoms with E-state index in [0.29, 0.717) is 10.7 Å². The van der Waals surface area contributed by atoms with Gasteiger partial charge < -0.3 is 0 Å². The Balaban J connectivity index is 1.88. The van der Waals surface area contributed by atoms with Crippen molar-refractivity contribution >= 4 is 17.5 Å². The maximum absolute atomic E-state index is 12.6. The highest BCUT2D eigenvalue weighted by Gasteiger charge is 2.21. The highest BCUT2D eigenvalue weighted by Crippen LogP contribution is 2.27. The molecule has 1 unspecified atom stereocenters. The Kier molecular flexibility index (Phi) is 4.76. The van der Waals surface area contributed by atoms with E-state index in [2.05, 4.69) is 15.5 Å². The van der Waals surface area contributed by atoms with E-state index in [0.717, 1.165) is 16.8 Å². The molecule has 24 heavy (non-hydrogen) atoms. The van der Waals surface area contributed by atoms with Crippen LogP contribution in [-0.2, 0) is 0 Å². The first-order chi connectivity index (χ1) is 11.6. The molecule has 122 valence electrons. The van der Waals surface area contributed by atoms with Crippen LogP contribution < -0.4 is 0 Å². The molecule has 1 atom stereocenters. The van der Waals surface area contributed by atoms with Gasteiger partial charge in [0.2, 0.25) is 5.16 Å². The second-order valence-corrected chi connectivity index (χ2v) is 6.91. The number of thioether (sulfide) groups is 1. The van der Waals surface area contributed by atoms with Crippen LogP contribution in [0.25, 0.3) is 5.69 Å². The summed E-state index contributed by atoms with van der Waals surface area (Å²) in [5, 5.41) is 12.4. The van der Waals surface area contributed by atoms with Crippen molar-refractivity contribution in [2.45, 2.75) is 31.2 Å². The predicted molar refractivity (Wildman–Crippen MR) is 94.7 cm³/mol. The number of carbonyl (C=O) groups excluding carboxylic acids is 1. The standard InChI is InChI=1S/C18H18N4OS/c1-12-8-7-9-13(2)16(12)22-18(19-20-21-22)24-14(3)17(23)15-10-5-4-6-11-15/h4-11,14H,1-3H3. The lowest BCUT2D eigenvalue weighted by molar-refractivity contribution is 0.0994. The van der Waals surface area contributed by atoms with Gasteiger partial charge in [0.25, 0.3) is 0 Å². The van der Waals surface area contributed by atoms with Crippen LogP contribution in [0.4, 0.5) is 0 Å². The fourth-order valence-electron chi connectivity index (χ4n) is 2.58. The summed E-state index contributed by atoms with van der Waals surface area (Å²) in [6.07, 6.45) is 0. The largest absolute Gasteiger partial charge is 0.293 e. The first-order valence-corrected chi connectivity index (χ1v) is 8.57. The number of carbonyl (C=O) groups is 1. The minimum atomic E-state index is -0.276. The number of hydrogen-bond donors (Lipinski definition) is 0. The van der Waals surface area contributed by atoms with E-state index in [1.807, 2.05) is 69.3 Å². The summed E-state index contributed by atoms with van der Waals surface area (Å²) in [5.74, 6) is 0.0663. The zero-order valence-electron chi connectivity index (χ0n) is 13.8. The smallest absolute Gasteiger partial charge is 0.214 e. The van der Waals surface area contributed by atoms with Crippen LogP contribution in [0.5, 0.6) is 0 Å². The van der Waals surface area contributed by atoms with Crippen LogP contribution >= 0.6 is 11.8 Å². The lowest BCUT2D eigenvalue weighted by Gasteiger charge is -2.13. The monoisotopic (exact) mass is 338 g/mol. The Morgan fingerprint density at radius 2 is 1.71 bits per heavy atom. The molecule has 0 aliphatic heterocycles. The number of hydrogen-bond acceptors (Lipinski definition) is 5. The van der Waals surface area contributed by atoms with Gasteiger partial charge in [-0.2, -0.15) is 4.68 Å². The summed E-state index contributed by atoms with van der Waals surface area (Å²) in [4.78, 5) is 12.6. The van der Waals surface area contributed by atoms with Gasteiger partial charge in [-0.15, -0.1) is 5.10 Å². The molecule has 0 aliphatic carbocycles. The van der Waals surface area contributed by atoms with Crippen LogP contribution in [0.3, 0.4) is 0 Å². The Morgan fingerprint density at radius 3 is 2.38 bits per heavy atom. The van der Waals surface area contributed by atoms with Crippen LogP contribution in [0.2, 0.25) is 0 Å². The molecule has 6 heteroatoms. The van der Waals surface area contributed by atoms with Crippen LogP contribution in [-0.4, -0.2) is 31.2 Å². The maximum atomic E-state index is 12.6. The third kappa shape index (κ3) is 3.23. The highest BCUT2D eigenvalue weighted by molar-refractivity contribution is 8.00. The van der Waals surface area contributed by atoms with E-state index in [9.17, 15) is 4.79 Å². The average Bonchev–Trinajstić information content (AvgIpc) is 3.02. The Hall–Kier alpha value is -2.47. The quantitative estimate of drug-likeness (QED) is 0.525. The van der Waals surface area contributed by atoms with Gasteiger partial charge in [-0.05, 0) is 42.3 Å². The number of Topliss-reactive ketones (excluding diaryl/α,β-unsaturated/α-hetero) is 1. The zero-order valence-corrected chi connectivity index (χ0v) is 14.6. The third-order valence-electron chi connectivity index (χ3n) is 3.80. The Morgan fingerprint density at radius 1 is 1.04 bits per heavy atom. The number of nitrogens with zero attached hydrogens (tertiary/aromatic N) is 4. The number of benzene rings is 2. The minimum Gasteiger partial charge on any atom is -0.293 e. The molecule has 0 spiro atoms. The molecule has 3 rings (SSSR count). The topological polar surface area (TPSA) is 60.7 Å². The molecule has 3 aromatic rings. The number of aryl methyl sites for hydroxylation is 2. The van der Waals surface area contributed by atoms with E-state index < -0.39 is 0 Å². The van der Waals surface area contributed by atoms with Gasteiger partial charge in [-0.1, -0.05) is 60.3 Å². The molecule has 0 bridgehead atoms. The molecule has 0 amide bonds. The molecule has 0 aliphatic rings. The summed E-state index contributed by atoms with van der Waals surface area (Å²) in [5.41, 5.74) is 3.84. The summed E-state index contributed by atoms with van der Waals surface area (Å²) in [6, 6.07) is 15.3. The van der Waals surface area contributed by atoms with E-state index >= 15 is 0 Å². The van der Waals surface area contributed by atoms with Gasteiger partial charge in [-0.3, -0.25) is 4.79 Å². The van der Waals surface area contributed by atoms with Gasteiger partial charge in [0.05, 0.1) is 10.9 Å². The molecule has 0 saturated heterocycles. The van der Waals surface area contributed by atoms with Crippen molar-refractivity contribution in [3.8, 4) is 5.69 Å². The first-order valence-electron chi connectivity index (χ1n) is 7.69. The zero-order chi connectivity index (χ0) is 17.1. The molecule has 1 aromatic heterocycles. The minimum absolute atomic E-state index is 0.0663. The second-order valence-electron chi connectivity index (χ2n) is 5.60. The van der Waals surface area contributed by atoms with Crippen molar-refractivity contribution in [1.82, 2.24) is 20.2 Å². The molecule has 0 radical (unpaired) electrons. The van der Waals surface area contributed by atoms with Gasteiger partial charge in [-0.25, -0.2) is 0 Å². The number of rotatable bonds is 5. The number of para-hydroxylation sites is 1. The fourth-order valence-corrected chi connectivity index (χ4v) is 3.45. The molecule has 2 aromatic carbocycles. The number of ketones is 1. The summed E-state index contributed by atoms with van der Waals surface area (Å²) in [7, 11) is 0. The summed E-state index contributed by atoms with van der Waals surface area (Å²) >= 11 is 1.37. The lowest BCUT2D eigenvalue weighted by Crippen LogP contribution is -2.15. The van der Waals surface area contributed by atoms with E-state index in [-0.39, 0.29) is 11.0 Å². The Bertz CT molecular complexity index is 840. The van der Waals surface area contributed by atoms with Crippen molar-refractivity contribution in [3.63, 3.8) is 0 Å². The highest BCUT2D eigenvalue weighted by atomic mass is 32.2. The van der Waals surface area contributed by atoms with Crippen LogP contribution in [0.1, 0.15) is 28.4 Å². The van der Waals surface area contributed by atoms with Crippen LogP contribution in [0, 0.1) is 13.8 Å². The normalized spacial score (nSPS) is 12.1. The maximum Gasteiger partial charge on any atom is 0.214 e. The van der Waals surface area contributed by atoms with Gasteiger partial charge in [0.1, 0.15) is 0 Å². The van der Waals surface area contributed by atoms with Crippen molar-refractivity contribution in [2.75, 3.05) is 0 Å². The van der Waals surface area contributed by atoms with E-state index in [1.165, 1.54) is 11.8 Å². The molecule has 1 heterocycles. The number of tetrazole rings is 1. The molecular weight excluding hydrogens is 320 g/mol. The lowest BCUT2D eigenvalue weighted by atomic mass is 10.1. The SMILES string of the molecule is Cc1cccc(C)c1-n1nnnc1SC(C)C(=O)c1ccccc1. The summed E-state index contributed by atoms with van der Waals surface area (Å²) in [6.45, 7) is 5.93. The van der Waals surface area contributed by atoms with Crippen molar-refractivity contribution < 1.29 is 4.79 Å². The van der Waals surface area contributed by atoms with Gasteiger partial charge in [0, 0.05) is 5.56 Å². The molecule has 5 nitrogen and oxygen atoms in total. The molecule has 0 N–H and O–H groups in total. The van der Waals surface area contributed by atoms with Crippen molar-refractivity contribution in [1.29, 1.82) is 0 Å². The van der Waals surface area contributed by atoms with Crippen LogP contribution in [0.15, 0.2) is 53.7 Å². The third-order valence-corrected chi connectivity index (χ3v) is 4.83. The fraction of sp³-hybridized carbons (Fsp3) is 0.222. The predicted octanol–water partition coefficient (Wildman–Crippen LogP) is 3.64. The molecule has 0 saturated carbocycles. The van der Waals surface area contributed by atoms with Gasteiger partial charge in [0.15, 0.2) is 5.78 Å². The van der Waals surface area contributed by atoms with E-state index in [1.54, 1.807) is 4.68 Å². The average molecular weight is 338 g/mol. The Labute approximate surface area is 145 Å². The number of aromatic nitrogens is 4. The first kappa shape index (κ1) is 16.4.